The molecule has 3 aromatic carbocycles. The Morgan fingerprint density at radius 2 is 1.49 bits per heavy atom. The Morgan fingerprint density at radius 1 is 0.882 bits per heavy atom. The zero-order valence-electron chi connectivity index (χ0n) is 28.1. The second kappa shape index (κ2) is 15.3. The van der Waals surface area contributed by atoms with E-state index in [1.165, 1.54) is 48.6 Å². The van der Waals surface area contributed by atoms with E-state index in [1.54, 1.807) is 19.2 Å². The molecule has 3 aromatic rings. The first-order valence-electron chi connectivity index (χ1n) is 16.5. The van der Waals surface area contributed by atoms with Crippen LogP contribution in [0.5, 0.6) is 23.0 Å². The molecule has 51 heavy (non-hydrogen) atoms. The zero-order chi connectivity index (χ0) is 36.9. The molecule has 270 valence electrons. The van der Waals surface area contributed by atoms with Crippen LogP contribution < -0.4 is 5.32 Å². The van der Waals surface area contributed by atoms with Crippen molar-refractivity contribution >= 4 is 30.1 Å². The van der Waals surface area contributed by atoms with Gasteiger partial charge in [-0.1, -0.05) is 43.3 Å². The molecule has 6 atom stereocenters. The molecule has 0 bridgehead atoms. The number of aliphatic hydroxyl groups is 1. The Bertz CT molecular complexity index is 1840. The van der Waals surface area contributed by atoms with E-state index in [9.17, 15) is 45.0 Å². The van der Waals surface area contributed by atoms with Gasteiger partial charge in [-0.2, -0.15) is 0 Å². The van der Waals surface area contributed by atoms with Crippen LogP contribution >= 0.6 is 0 Å². The maximum Gasteiger partial charge on any atom is 0.336 e. The lowest BCUT2D eigenvalue weighted by molar-refractivity contribution is -0.286. The third-order valence-corrected chi connectivity index (χ3v) is 9.61. The van der Waals surface area contributed by atoms with E-state index in [1.807, 2.05) is 19.1 Å². The van der Waals surface area contributed by atoms with Crippen LogP contribution in [0.25, 0.3) is 12.2 Å². The Balaban J connectivity index is 1.62. The number of aryl methyl sites for hydroxylation is 1. The number of phenols is 4. The molecule has 13 heteroatoms. The average molecular weight is 704 g/mol. The third kappa shape index (κ3) is 7.70. The number of aliphatic carboxylic acids is 1. The second-order valence-electron chi connectivity index (χ2n) is 12.7. The van der Waals surface area contributed by atoms with Gasteiger partial charge in [0.1, 0.15) is 6.10 Å². The van der Waals surface area contributed by atoms with Crippen molar-refractivity contribution in [2.45, 2.75) is 62.1 Å². The van der Waals surface area contributed by atoms with Gasteiger partial charge in [0.05, 0.1) is 6.04 Å². The molecule has 0 unspecified atom stereocenters. The number of hydrogen-bond donors (Lipinski definition) is 7. The number of nitrogens with one attached hydrogen (secondary N) is 1. The Labute approximate surface area is 294 Å². The van der Waals surface area contributed by atoms with Gasteiger partial charge in [-0.05, 0) is 85.0 Å². The summed E-state index contributed by atoms with van der Waals surface area (Å²) < 4.78 is 18.4. The number of carbonyl (C=O) groups is 3. The van der Waals surface area contributed by atoms with Crippen molar-refractivity contribution in [2.75, 3.05) is 13.7 Å². The van der Waals surface area contributed by atoms with Gasteiger partial charge in [0.15, 0.2) is 40.3 Å². The van der Waals surface area contributed by atoms with E-state index in [4.69, 9.17) is 14.2 Å². The standard InChI is InChI=1S/C38H41NO12/c1-3-22-5-4-6-25(17-22)18-26-35(50-33(44)13-9-23-7-11-27(40)29(42)19-23)38(51-34(45)14-10-24-8-12-28(41)30(43)20-24)31(39-2)15-16-49-32(38)21-37(26,48)36(46)47/h4-14,17,19-20,26,31-32,35,39-43,48H,3,15-16,18,21H2,1-2H3,(H,46,47)/t26-,31+,32-,35-,37-,38-/m1/s1. The lowest BCUT2D eigenvalue weighted by Gasteiger charge is -2.58. The van der Waals surface area contributed by atoms with Crippen LogP contribution in [-0.2, 0) is 41.4 Å². The van der Waals surface area contributed by atoms with Crippen molar-refractivity contribution in [1.82, 2.24) is 5.32 Å². The van der Waals surface area contributed by atoms with Gasteiger partial charge >= 0.3 is 17.9 Å². The van der Waals surface area contributed by atoms with Gasteiger partial charge in [-0.3, -0.25) is 0 Å². The monoisotopic (exact) mass is 703 g/mol. The van der Waals surface area contributed by atoms with Crippen molar-refractivity contribution in [3.63, 3.8) is 0 Å². The van der Waals surface area contributed by atoms with Gasteiger partial charge in [0, 0.05) is 31.1 Å². The highest BCUT2D eigenvalue weighted by Gasteiger charge is 2.70. The topological polar surface area (TPSA) is 212 Å². The fourth-order valence-corrected chi connectivity index (χ4v) is 6.99. The second-order valence-corrected chi connectivity index (χ2v) is 12.7. The number of carboxylic acid groups (broad SMARTS) is 1. The minimum atomic E-state index is -2.50. The van der Waals surface area contributed by atoms with Crippen molar-refractivity contribution in [2.24, 2.45) is 5.92 Å². The van der Waals surface area contributed by atoms with Crippen molar-refractivity contribution < 1.29 is 59.2 Å². The van der Waals surface area contributed by atoms with Crippen molar-refractivity contribution in [3.8, 4) is 23.0 Å². The predicted molar refractivity (Wildman–Crippen MR) is 184 cm³/mol. The molecule has 1 aliphatic heterocycles. The minimum absolute atomic E-state index is 0.0881. The SMILES string of the molecule is CCc1cccc(C[C@@H]2[C@@H](OC(=O)C=Cc3ccc(O)c(O)c3)[C@@]3(OC(=O)C=Cc4ccc(O)c(O)c4)[C@@H](NC)CCO[C@@H]3C[C@]2(O)C(=O)O)c1. The average Bonchev–Trinajstić information content (AvgIpc) is 3.11. The van der Waals surface area contributed by atoms with E-state index in [2.05, 4.69) is 5.32 Å². The molecule has 2 aliphatic rings. The number of likely N-dealkylation sites (N-methyl/N-ethyl adjacent to an activating group) is 1. The maximum absolute atomic E-state index is 13.7. The van der Waals surface area contributed by atoms with E-state index in [-0.39, 0.29) is 30.9 Å². The van der Waals surface area contributed by atoms with E-state index < -0.39 is 71.2 Å². The van der Waals surface area contributed by atoms with Crippen LogP contribution in [0, 0.1) is 5.92 Å². The molecule has 1 saturated heterocycles. The molecule has 1 aliphatic carbocycles. The molecule has 0 amide bonds. The normalized spacial score (nSPS) is 26.1. The number of ether oxygens (including phenoxy) is 3. The number of benzene rings is 3. The fourth-order valence-electron chi connectivity index (χ4n) is 6.99. The molecule has 2 fully saturated rings. The molecule has 1 heterocycles. The van der Waals surface area contributed by atoms with Gasteiger partial charge in [0.2, 0.25) is 0 Å². The summed E-state index contributed by atoms with van der Waals surface area (Å²) >= 11 is 0. The number of carbonyl (C=O) groups excluding carboxylic acids is 2. The summed E-state index contributed by atoms with van der Waals surface area (Å²) in [5.41, 5.74) is -2.07. The van der Waals surface area contributed by atoms with Gasteiger partial charge in [-0.25, -0.2) is 14.4 Å². The van der Waals surface area contributed by atoms with Crippen LogP contribution in [0.2, 0.25) is 0 Å². The molecule has 0 aromatic heterocycles. The van der Waals surface area contributed by atoms with Gasteiger partial charge in [0.25, 0.3) is 0 Å². The molecule has 0 radical (unpaired) electrons. The third-order valence-electron chi connectivity index (χ3n) is 9.61. The van der Waals surface area contributed by atoms with E-state index in [0.29, 0.717) is 23.1 Å². The summed E-state index contributed by atoms with van der Waals surface area (Å²) in [4.78, 5) is 40.4. The summed E-state index contributed by atoms with van der Waals surface area (Å²) in [6.07, 6.45) is 2.26. The first-order valence-corrected chi connectivity index (χ1v) is 16.5. The van der Waals surface area contributed by atoms with Crippen LogP contribution in [0.3, 0.4) is 0 Å². The summed E-state index contributed by atoms with van der Waals surface area (Å²) in [5, 5.41) is 64.9. The van der Waals surface area contributed by atoms with Crippen LogP contribution in [0.15, 0.2) is 72.8 Å². The summed E-state index contributed by atoms with van der Waals surface area (Å²) in [5.74, 6) is -6.36. The highest BCUT2D eigenvalue weighted by Crippen LogP contribution is 2.50. The number of rotatable bonds is 11. The summed E-state index contributed by atoms with van der Waals surface area (Å²) in [6.45, 7) is 2.07. The van der Waals surface area contributed by atoms with Crippen molar-refractivity contribution in [3.05, 3.63) is 95.1 Å². The summed E-state index contributed by atoms with van der Waals surface area (Å²) in [7, 11) is 1.62. The quantitative estimate of drug-likeness (QED) is 0.0868. The first-order chi connectivity index (χ1) is 24.3. The fraction of sp³-hybridized carbons (Fsp3) is 0.342. The molecule has 13 nitrogen and oxygen atoms in total. The lowest BCUT2D eigenvalue weighted by atomic mass is 9.60. The lowest BCUT2D eigenvalue weighted by Crippen LogP contribution is -2.78. The molecular weight excluding hydrogens is 662 g/mol. The Kier molecular flexibility index (Phi) is 11.0. The smallest absolute Gasteiger partial charge is 0.336 e. The van der Waals surface area contributed by atoms with E-state index in [0.717, 1.165) is 17.7 Å². The summed E-state index contributed by atoms with van der Waals surface area (Å²) in [6, 6.07) is 14.4. The van der Waals surface area contributed by atoms with Gasteiger partial charge in [-0.15, -0.1) is 0 Å². The van der Waals surface area contributed by atoms with Gasteiger partial charge < -0.3 is 50.2 Å². The minimum Gasteiger partial charge on any atom is -0.504 e. The Hall–Kier alpha value is -5.37. The highest BCUT2D eigenvalue weighted by molar-refractivity contribution is 5.89. The molecule has 0 spiro atoms. The molecular formula is C38H41NO12. The van der Waals surface area contributed by atoms with Crippen LogP contribution in [0.4, 0.5) is 0 Å². The molecule has 7 N–H and O–H groups in total. The number of carboxylic acids is 1. The highest BCUT2D eigenvalue weighted by atomic mass is 16.6. The molecule has 1 saturated carbocycles. The largest absolute Gasteiger partial charge is 0.504 e. The predicted octanol–water partition coefficient (Wildman–Crippen LogP) is 3.45. The number of aromatic hydroxyl groups is 4. The molecule has 5 rings (SSSR count). The van der Waals surface area contributed by atoms with Crippen LogP contribution in [-0.4, -0.2) is 91.7 Å². The zero-order valence-corrected chi connectivity index (χ0v) is 28.1. The van der Waals surface area contributed by atoms with E-state index >= 15 is 0 Å². The number of hydrogen-bond acceptors (Lipinski definition) is 12. The Morgan fingerprint density at radius 3 is 2.06 bits per heavy atom. The number of fused-ring (bicyclic) bond motifs is 1. The van der Waals surface area contributed by atoms with Crippen LogP contribution in [0.1, 0.15) is 42.0 Å². The van der Waals surface area contributed by atoms with Crippen molar-refractivity contribution in [1.29, 1.82) is 0 Å². The number of esters is 2. The number of phenolic OH excluding ortho intramolecular Hbond substituents is 4. The maximum atomic E-state index is 13.7. The first kappa shape index (κ1) is 36.9.